The van der Waals surface area contributed by atoms with Crippen LogP contribution in [0.2, 0.25) is 0 Å². The molecule has 12 rings (SSSR count). The molecule has 9 aromatic rings. The van der Waals surface area contributed by atoms with Crippen LogP contribution in [0, 0.1) is 0 Å². The fourth-order valence-electron chi connectivity index (χ4n) is 9.90. The smallest absolute Gasteiger partial charge is 0.0722 e. The van der Waals surface area contributed by atoms with Crippen molar-refractivity contribution < 1.29 is 0 Å². The molecule has 0 bridgehead atoms. The van der Waals surface area contributed by atoms with Crippen molar-refractivity contribution in [3.63, 3.8) is 0 Å². The van der Waals surface area contributed by atoms with Gasteiger partial charge in [0, 0.05) is 20.2 Å². The zero-order chi connectivity index (χ0) is 32.6. The number of hydrogen-bond donors (Lipinski definition) is 0. The summed E-state index contributed by atoms with van der Waals surface area (Å²) in [5, 5.41) is 10.7. The first-order chi connectivity index (χ1) is 24.8. The lowest BCUT2D eigenvalue weighted by molar-refractivity contribution is 0.782. The molecule has 232 valence electrons. The lowest BCUT2D eigenvalue weighted by atomic mass is 9.68. The van der Waals surface area contributed by atoms with Gasteiger partial charge >= 0.3 is 0 Å². The maximum absolute atomic E-state index is 2.57. The molecule has 0 fully saturated rings. The van der Waals surface area contributed by atoms with Gasteiger partial charge in [-0.2, -0.15) is 0 Å². The third-order valence-corrected chi connectivity index (χ3v) is 13.1. The molecule has 0 radical (unpaired) electrons. The molecule has 0 amide bonds. The Bertz CT molecular complexity index is 3040. The Morgan fingerprint density at radius 2 is 1.04 bits per heavy atom. The minimum atomic E-state index is -0.347. The van der Waals surface area contributed by atoms with E-state index < -0.39 is 0 Å². The van der Waals surface area contributed by atoms with E-state index in [1.54, 1.807) is 0 Å². The Kier molecular flexibility index (Phi) is 5.25. The van der Waals surface area contributed by atoms with E-state index in [9.17, 15) is 0 Å². The molecule has 0 nitrogen and oxygen atoms in total. The van der Waals surface area contributed by atoms with Crippen molar-refractivity contribution in [2.45, 2.75) is 18.3 Å². The van der Waals surface area contributed by atoms with Crippen molar-refractivity contribution in [2.75, 3.05) is 0 Å². The van der Waals surface area contributed by atoms with E-state index in [2.05, 4.69) is 158 Å². The second-order valence-electron chi connectivity index (χ2n) is 14.2. The zero-order valence-corrected chi connectivity index (χ0v) is 28.2. The molecule has 3 aliphatic rings. The molecule has 50 heavy (non-hydrogen) atoms. The van der Waals surface area contributed by atoms with Gasteiger partial charge in [-0.25, -0.2) is 0 Å². The summed E-state index contributed by atoms with van der Waals surface area (Å²) in [6.07, 6.45) is 7.02. The number of rotatable bonds is 1. The van der Waals surface area contributed by atoms with Crippen LogP contribution in [0.25, 0.3) is 80.3 Å². The minimum Gasteiger partial charge on any atom is -0.135 e. The third kappa shape index (κ3) is 3.31. The highest BCUT2D eigenvalue weighted by Gasteiger charge is 2.52. The van der Waals surface area contributed by atoms with Crippen molar-refractivity contribution in [3.05, 3.63) is 186 Å². The van der Waals surface area contributed by atoms with Crippen molar-refractivity contribution in [2.24, 2.45) is 0 Å². The summed E-state index contributed by atoms with van der Waals surface area (Å²) < 4.78 is 2.70. The van der Waals surface area contributed by atoms with Gasteiger partial charge in [-0.15, -0.1) is 11.3 Å². The van der Waals surface area contributed by atoms with Gasteiger partial charge in [0.25, 0.3) is 0 Å². The quantitative estimate of drug-likeness (QED) is 0.155. The van der Waals surface area contributed by atoms with Crippen molar-refractivity contribution >= 4 is 69.4 Å². The number of thiophene rings is 1. The Morgan fingerprint density at radius 3 is 1.86 bits per heavy atom. The molecule has 0 saturated carbocycles. The molecular formula is C49H30S. The fourth-order valence-corrected chi connectivity index (χ4v) is 11.0. The van der Waals surface area contributed by atoms with E-state index in [-0.39, 0.29) is 5.41 Å². The highest BCUT2D eigenvalue weighted by atomic mass is 32.1. The molecule has 8 aromatic carbocycles. The van der Waals surface area contributed by atoms with Crippen LogP contribution in [0.5, 0.6) is 0 Å². The SMILES string of the molecule is C1=CC2=C(CC1)c1cc(-c3ccc4sc5ccccc5c4c3)ccc1C21c2ccccc2-c2cc3c4ccccc4c4ccccc4c3cc21. The van der Waals surface area contributed by atoms with Crippen molar-refractivity contribution in [1.29, 1.82) is 0 Å². The molecule has 1 heterocycles. The molecule has 1 unspecified atom stereocenters. The van der Waals surface area contributed by atoms with Gasteiger partial charge in [0.15, 0.2) is 0 Å². The predicted octanol–water partition coefficient (Wildman–Crippen LogP) is 13.6. The molecule has 1 atom stereocenters. The molecule has 0 N–H and O–H groups in total. The van der Waals surface area contributed by atoms with Crippen molar-refractivity contribution in [1.82, 2.24) is 0 Å². The summed E-state index contributed by atoms with van der Waals surface area (Å²) >= 11 is 1.89. The van der Waals surface area contributed by atoms with Gasteiger partial charge in [-0.05, 0) is 137 Å². The van der Waals surface area contributed by atoms with Crippen LogP contribution in [-0.2, 0) is 5.41 Å². The number of benzene rings is 8. The average molecular weight is 651 g/mol. The zero-order valence-electron chi connectivity index (χ0n) is 27.3. The molecule has 1 spiro atoms. The first-order valence-corrected chi connectivity index (χ1v) is 18.5. The van der Waals surface area contributed by atoms with E-state index in [0.717, 1.165) is 12.8 Å². The summed E-state index contributed by atoms with van der Waals surface area (Å²) in [6.45, 7) is 0. The summed E-state index contributed by atoms with van der Waals surface area (Å²) in [5.74, 6) is 0. The van der Waals surface area contributed by atoms with Gasteiger partial charge in [0.05, 0.1) is 5.41 Å². The molecular weight excluding hydrogens is 621 g/mol. The highest BCUT2D eigenvalue weighted by Crippen LogP contribution is 2.64. The summed E-state index contributed by atoms with van der Waals surface area (Å²) in [6, 6.07) is 55.5. The standard InChI is InChI=1S/C49H30S/c1-3-13-33-31(11-1)32-12-2-4-14-34(32)39-28-46-41(27-38(33)39)36-16-6-9-19-44(36)49(46)43-18-8-5-15-35(43)40-25-29(21-23-45(40)49)30-22-24-48-42(26-30)37-17-7-10-20-47(37)50-48/h1-4,6-14,16-28H,5,15H2. The maximum atomic E-state index is 2.57. The average Bonchev–Trinajstić information content (AvgIpc) is 3.80. The van der Waals surface area contributed by atoms with Crippen LogP contribution in [-0.4, -0.2) is 0 Å². The number of allylic oxidation sites excluding steroid dienone is 4. The van der Waals surface area contributed by atoms with Gasteiger partial charge in [-0.1, -0.05) is 121 Å². The summed E-state index contributed by atoms with van der Waals surface area (Å²) in [4.78, 5) is 0. The molecule has 1 aromatic heterocycles. The van der Waals surface area contributed by atoms with Crippen molar-refractivity contribution in [3.8, 4) is 22.3 Å². The first kappa shape index (κ1) is 27.1. The largest absolute Gasteiger partial charge is 0.135 e. The van der Waals surface area contributed by atoms with Crippen LogP contribution < -0.4 is 0 Å². The number of hydrogen-bond acceptors (Lipinski definition) is 1. The van der Waals surface area contributed by atoms with Gasteiger partial charge < -0.3 is 0 Å². The highest BCUT2D eigenvalue weighted by molar-refractivity contribution is 7.25. The second-order valence-corrected chi connectivity index (χ2v) is 15.3. The Balaban J connectivity index is 1.16. The van der Waals surface area contributed by atoms with Gasteiger partial charge in [0.2, 0.25) is 0 Å². The monoisotopic (exact) mass is 650 g/mol. The summed E-state index contributed by atoms with van der Waals surface area (Å²) in [7, 11) is 0. The van der Waals surface area contributed by atoms with Gasteiger partial charge in [-0.3, -0.25) is 0 Å². The normalized spacial score (nSPS) is 17.4. The van der Waals surface area contributed by atoms with E-state index in [1.165, 1.54) is 108 Å². The molecule has 0 aliphatic heterocycles. The van der Waals surface area contributed by atoms with E-state index in [1.807, 2.05) is 11.3 Å². The lowest BCUT2D eigenvalue weighted by Gasteiger charge is -2.32. The molecule has 0 saturated heterocycles. The lowest BCUT2D eigenvalue weighted by Crippen LogP contribution is -2.27. The van der Waals surface area contributed by atoms with E-state index >= 15 is 0 Å². The first-order valence-electron chi connectivity index (χ1n) is 17.7. The Morgan fingerprint density at radius 1 is 0.420 bits per heavy atom. The molecule has 1 heteroatoms. The van der Waals surface area contributed by atoms with Crippen LogP contribution in [0.15, 0.2) is 163 Å². The Hall–Kier alpha value is -5.76. The van der Waals surface area contributed by atoms with Crippen LogP contribution in [0.3, 0.4) is 0 Å². The van der Waals surface area contributed by atoms with E-state index in [4.69, 9.17) is 0 Å². The molecule has 3 aliphatic carbocycles. The summed E-state index contributed by atoms with van der Waals surface area (Å²) in [5.41, 5.74) is 13.6. The topological polar surface area (TPSA) is 0 Å². The van der Waals surface area contributed by atoms with E-state index in [0.29, 0.717) is 0 Å². The van der Waals surface area contributed by atoms with Gasteiger partial charge in [0.1, 0.15) is 0 Å². The third-order valence-electron chi connectivity index (χ3n) is 11.9. The van der Waals surface area contributed by atoms with Crippen LogP contribution >= 0.6 is 11.3 Å². The second kappa shape index (κ2) is 9.69. The fraction of sp³-hybridized carbons (Fsp3) is 0.0612. The van der Waals surface area contributed by atoms with Crippen LogP contribution in [0.4, 0.5) is 0 Å². The Labute approximate surface area is 294 Å². The number of fused-ring (bicyclic) bond motifs is 18. The van der Waals surface area contributed by atoms with Crippen LogP contribution in [0.1, 0.15) is 35.1 Å². The maximum Gasteiger partial charge on any atom is 0.0722 e. The minimum absolute atomic E-state index is 0.347. The predicted molar refractivity (Wildman–Crippen MR) is 214 cm³/mol.